The van der Waals surface area contributed by atoms with E-state index in [1.54, 1.807) is 24.3 Å². The zero-order valence-electron chi connectivity index (χ0n) is 14.0. The van der Waals surface area contributed by atoms with Gasteiger partial charge in [0.1, 0.15) is 11.6 Å². The zero-order chi connectivity index (χ0) is 18.4. The van der Waals surface area contributed by atoms with Crippen molar-refractivity contribution in [3.63, 3.8) is 0 Å². The second-order valence-corrected chi connectivity index (χ2v) is 6.42. The maximum Gasteiger partial charge on any atom is 0.224 e. The Morgan fingerprint density at radius 2 is 1.84 bits per heavy atom. The van der Waals surface area contributed by atoms with Gasteiger partial charge in [0.05, 0.1) is 5.02 Å². The summed E-state index contributed by atoms with van der Waals surface area (Å²) in [6, 6.07) is 10.3. The normalized spacial score (nSPS) is 10.6. The van der Waals surface area contributed by atoms with Crippen molar-refractivity contribution in [3.05, 3.63) is 58.9 Å². The van der Waals surface area contributed by atoms with E-state index in [-0.39, 0.29) is 35.0 Å². The maximum absolute atomic E-state index is 13.0. The van der Waals surface area contributed by atoms with Crippen molar-refractivity contribution < 1.29 is 18.7 Å². The van der Waals surface area contributed by atoms with E-state index in [1.807, 2.05) is 13.8 Å². The van der Waals surface area contributed by atoms with Crippen molar-refractivity contribution in [2.24, 2.45) is 5.92 Å². The molecule has 132 valence electrons. The molecule has 0 bridgehead atoms. The first-order chi connectivity index (χ1) is 11.8. The lowest BCUT2D eigenvalue weighted by atomic mass is 10.1. The van der Waals surface area contributed by atoms with Crippen LogP contribution in [0.1, 0.15) is 30.6 Å². The maximum atomic E-state index is 13.0. The number of nitrogens with one attached hydrogen (secondary N) is 1. The highest BCUT2D eigenvalue weighted by atomic mass is 35.5. The molecule has 25 heavy (non-hydrogen) atoms. The Balaban J connectivity index is 1.92. The number of carbonyl (C=O) groups excluding carboxylic acids is 2. The highest BCUT2D eigenvalue weighted by molar-refractivity contribution is 6.32. The Morgan fingerprint density at radius 1 is 1.16 bits per heavy atom. The number of benzene rings is 2. The molecule has 0 aliphatic heterocycles. The van der Waals surface area contributed by atoms with E-state index in [0.717, 1.165) is 6.07 Å². The van der Waals surface area contributed by atoms with Crippen LogP contribution in [0.2, 0.25) is 5.02 Å². The minimum Gasteiger partial charge on any atom is -0.484 e. The zero-order valence-corrected chi connectivity index (χ0v) is 14.8. The van der Waals surface area contributed by atoms with E-state index < -0.39 is 5.82 Å². The Bertz CT molecular complexity index is 760. The highest BCUT2D eigenvalue weighted by Crippen LogP contribution is 2.25. The van der Waals surface area contributed by atoms with Gasteiger partial charge in [0.2, 0.25) is 5.91 Å². The molecule has 1 amide bonds. The number of Topliss-reactive ketones (excluding diaryl/α,β-unsaturated/α-hetero) is 1. The minimum absolute atomic E-state index is 0.0663. The van der Waals surface area contributed by atoms with Crippen LogP contribution in [-0.4, -0.2) is 18.3 Å². The molecular weight excluding hydrogens is 345 g/mol. The summed E-state index contributed by atoms with van der Waals surface area (Å²) in [5.74, 6) is -0.270. The second-order valence-electron chi connectivity index (χ2n) is 6.01. The van der Waals surface area contributed by atoms with Gasteiger partial charge in [0.15, 0.2) is 12.4 Å². The van der Waals surface area contributed by atoms with E-state index in [4.69, 9.17) is 16.3 Å². The fourth-order valence-electron chi connectivity index (χ4n) is 2.14. The fraction of sp³-hybridized carbons (Fsp3) is 0.263. The van der Waals surface area contributed by atoms with Gasteiger partial charge in [-0.15, -0.1) is 0 Å². The highest BCUT2D eigenvalue weighted by Gasteiger charge is 2.10. The predicted octanol–water partition coefficient (Wildman–Crippen LogP) is 4.73. The van der Waals surface area contributed by atoms with Crippen LogP contribution in [0.5, 0.6) is 5.75 Å². The van der Waals surface area contributed by atoms with Crippen molar-refractivity contribution in [1.82, 2.24) is 0 Å². The van der Waals surface area contributed by atoms with Crippen molar-refractivity contribution >= 4 is 29.0 Å². The Labute approximate surface area is 150 Å². The van der Waals surface area contributed by atoms with E-state index in [9.17, 15) is 14.0 Å². The average Bonchev–Trinajstić information content (AvgIpc) is 2.53. The molecule has 0 aliphatic carbocycles. The number of ketones is 1. The van der Waals surface area contributed by atoms with Gasteiger partial charge in [0.25, 0.3) is 0 Å². The summed E-state index contributed by atoms with van der Waals surface area (Å²) in [5.41, 5.74) is 1.07. The molecule has 2 aromatic carbocycles. The summed E-state index contributed by atoms with van der Waals surface area (Å²) in [7, 11) is 0. The van der Waals surface area contributed by atoms with Crippen molar-refractivity contribution in [3.8, 4) is 5.75 Å². The summed E-state index contributed by atoms with van der Waals surface area (Å²) in [6.07, 6.45) is 0.437. The molecule has 0 heterocycles. The van der Waals surface area contributed by atoms with Crippen LogP contribution >= 0.6 is 11.6 Å². The van der Waals surface area contributed by atoms with Gasteiger partial charge >= 0.3 is 0 Å². The van der Waals surface area contributed by atoms with Gasteiger partial charge in [-0.25, -0.2) is 4.39 Å². The SMILES string of the molecule is CC(C)CC(=O)Nc1ccc(C(=O)COc2ccc(F)cc2Cl)cc1. The monoisotopic (exact) mass is 363 g/mol. The van der Waals surface area contributed by atoms with Crippen molar-refractivity contribution in [2.75, 3.05) is 11.9 Å². The first-order valence-electron chi connectivity index (χ1n) is 7.86. The molecule has 0 saturated heterocycles. The number of amides is 1. The van der Waals surface area contributed by atoms with Gasteiger partial charge in [-0.3, -0.25) is 9.59 Å². The second kappa shape index (κ2) is 8.62. The molecule has 0 saturated carbocycles. The van der Waals surface area contributed by atoms with Gasteiger partial charge in [0, 0.05) is 17.7 Å². The number of hydrogen-bond acceptors (Lipinski definition) is 3. The largest absolute Gasteiger partial charge is 0.484 e. The number of ether oxygens (including phenoxy) is 1. The quantitative estimate of drug-likeness (QED) is 0.724. The van der Waals surface area contributed by atoms with Crippen molar-refractivity contribution in [1.29, 1.82) is 0 Å². The number of halogens is 2. The summed E-state index contributed by atoms with van der Waals surface area (Å²) < 4.78 is 18.3. The smallest absolute Gasteiger partial charge is 0.224 e. The van der Waals surface area contributed by atoms with Crippen LogP contribution in [0, 0.1) is 11.7 Å². The number of anilines is 1. The molecule has 0 fully saturated rings. The molecule has 0 spiro atoms. The third-order valence-electron chi connectivity index (χ3n) is 3.34. The molecule has 2 rings (SSSR count). The van der Waals surface area contributed by atoms with Crippen LogP contribution in [-0.2, 0) is 4.79 Å². The number of rotatable bonds is 7. The number of carbonyl (C=O) groups is 2. The lowest BCUT2D eigenvalue weighted by molar-refractivity contribution is -0.116. The van der Waals surface area contributed by atoms with Gasteiger partial charge < -0.3 is 10.1 Å². The van der Waals surface area contributed by atoms with E-state index in [1.165, 1.54) is 12.1 Å². The van der Waals surface area contributed by atoms with Gasteiger partial charge in [-0.1, -0.05) is 25.4 Å². The minimum atomic E-state index is -0.473. The number of hydrogen-bond donors (Lipinski definition) is 1. The molecule has 0 radical (unpaired) electrons. The van der Waals surface area contributed by atoms with Crippen LogP contribution < -0.4 is 10.1 Å². The fourth-order valence-corrected chi connectivity index (χ4v) is 2.36. The molecule has 6 heteroatoms. The molecule has 4 nitrogen and oxygen atoms in total. The van der Waals surface area contributed by atoms with Crippen LogP contribution in [0.3, 0.4) is 0 Å². The topological polar surface area (TPSA) is 55.4 Å². The predicted molar refractivity (Wildman–Crippen MR) is 95.8 cm³/mol. The lowest BCUT2D eigenvalue weighted by Crippen LogP contribution is -2.14. The molecule has 0 aliphatic rings. The van der Waals surface area contributed by atoms with Gasteiger partial charge in [-0.05, 0) is 48.4 Å². The van der Waals surface area contributed by atoms with E-state index >= 15 is 0 Å². The first-order valence-corrected chi connectivity index (χ1v) is 8.24. The Kier molecular flexibility index (Phi) is 6.53. The molecule has 1 N–H and O–H groups in total. The standard InChI is InChI=1S/C19H19ClFNO3/c1-12(2)9-19(24)22-15-6-3-13(4-7-15)17(23)11-25-18-8-5-14(21)10-16(18)20/h3-8,10,12H,9,11H2,1-2H3,(H,22,24). The third kappa shape index (κ3) is 5.87. The first kappa shape index (κ1) is 18.9. The van der Waals surface area contributed by atoms with E-state index in [2.05, 4.69) is 5.32 Å². The van der Waals surface area contributed by atoms with Crippen molar-refractivity contribution in [2.45, 2.75) is 20.3 Å². The lowest BCUT2D eigenvalue weighted by Gasteiger charge is -2.09. The molecule has 0 unspecified atom stereocenters. The van der Waals surface area contributed by atoms with Crippen LogP contribution in [0.15, 0.2) is 42.5 Å². The van der Waals surface area contributed by atoms with Crippen LogP contribution in [0.25, 0.3) is 0 Å². The molecule has 2 aromatic rings. The molecular formula is C19H19ClFNO3. The third-order valence-corrected chi connectivity index (χ3v) is 3.63. The van der Waals surface area contributed by atoms with Gasteiger partial charge in [-0.2, -0.15) is 0 Å². The summed E-state index contributed by atoms with van der Waals surface area (Å²) in [5, 5.41) is 2.88. The summed E-state index contributed by atoms with van der Waals surface area (Å²) in [4.78, 5) is 23.9. The Hall–Kier alpha value is -2.40. The average molecular weight is 364 g/mol. The Morgan fingerprint density at radius 3 is 2.44 bits per heavy atom. The summed E-state index contributed by atoms with van der Waals surface area (Å²) in [6.45, 7) is 3.72. The van der Waals surface area contributed by atoms with E-state index in [0.29, 0.717) is 17.7 Å². The summed E-state index contributed by atoms with van der Waals surface area (Å²) >= 11 is 5.85. The van der Waals surface area contributed by atoms with Crippen LogP contribution in [0.4, 0.5) is 10.1 Å². The molecule has 0 atom stereocenters. The molecule has 0 aromatic heterocycles.